The minimum Gasteiger partial charge on any atom is -0.468 e. The van der Waals surface area contributed by atoms with Gasteiger partial charge in [-0.3, -0.25) is 16.1 Å². The van der Waals surface area contributed by atoms with E-state index in [0.29, 0.717) is 11.1 Å². The highest BCUT2D eigenvalue weighted by Crippen LogP contribution is 2.33. The lowest BCUT2D eigenvalue weighted by molar-refractivity contribution is 0.204. The fourth-order valence-electron chi connectivity index (χ4n) is 3.53. The van der Waals surface area contributed by atoms with E-state index in [4.69, 9.17) is 44.8 Å². The Bertz CT molecular complexity index is 1270. The van der Waals surface area contributed by atoms with Crippen LogP contribution in [0.25, 0.3) is 0 Å². The molecule has 5 N–H and O–H groups in total. The maximum atomic E-state index is 14.6. The Balaban J connectivity index is 1.66. The molecule has 0 aliphatic carbocycles. The van der Waals surface area contributed by atoms with Crippen molar-refractivity contribution >= 4 is 40.3 Å². The Morgan fingerprint density at radius 3 is 2.52 bits per heavy atom. The zero-order chi connectivity index (χ0) is 23.7. The molecule has 1 aromatic heterocycles. The third-order valence-corrected chi connectivity index (χ3v) is 6.01. The second kappa shape index (κ2) is 9.24. The molecule has 10 heteroatoms. The predicted octanol–water partition coefficient (Wildman–Crippen LogP) is 4.64. The average molecular weight is 485 g/mol. The van der Waals surface area contributed by atoms with Gasteiger partial charge in [0.25, 0.3) is 0 Å². The van der Waals surface area contributed by atoms with Crippen molar-refractivity contribution in [3.05, 3.63) is 80.8 Å². The number of ether oxygens (including phenoxy) is 1. The number of nitrogen functional groups attached to an aromatic ring is 1. The maximum absolute atomic E-state index is 14.6. The third-order valence-electron chi connectivity index (χ3n) is 5.40. The van der Waals surface area contributed by atoms with E-state index in [1.54, 1.807) is 12.1 Å². The van der Waals surface area contributed by atoms with Gasteiger partial charge in [0.2, 0.25) is 0 Å². The summed E-state index contributed by atoms with van der Waals surface area (Å²) in [6, 6.07) is 9.71. The molecule has 1 saturated heterocycles. The molecule has 7 nitrogen and oxygen atoms in total. The molecular formula is C23H19Cl2FN6O. The van der Waals surface area contributed by atoms with Crippen LogP contribution in [-0.4, -0.2) is 23.8 Å². The van der Waals surface area contributed by atoms with E-state index < -0.39 is 12.0 Å². The van der Waals surface area contributed by atoms with Crippen LogP contribution in [-0.2, 0) is 0 Å². The molecule has 0 bridgehead atoms. The van der Waals surface area contributed by atoms with Crippen LogP contribution in [0, 0.1) is 22.6 Å². The van der Waals surface area contributed by atoms with Gasteiger partial charge in [0.1, 0.15) is 6.07 Å². The predicted molar refractivity (Wildman–Crippen MR) is 127 cm³/mol. The number of hydrogen-bond donors (Lipinski definition) is 3. The van der Waals surface area contributed by atoms with Gasteiger partial charge in [-0.2, -0.15) is 5.26 Å². The molecule has 33 heavy (non-hydrogen) atoms. The third kappa shape index (κ3) is 4.44. The fourth-order valence-corrected chi connectivity index (χ4v) is 4.11. The van der Waals surface area contributed by atoms with E-state index >= 15 is 0 Å². The van der Waals surface area contributed by atoms with E-state index in [2.05, 4.69) is 16.0 Å². The summed E-state index contributed by atoms with van der Waals surface area (Å²) >= 11 is 12.2. The average Bonchev–Trinajstić information content (AvgIpc) is 2.74. The maximum Gasteiger partial charge on any atom is 0.177 e. The second-order valence-electron chi connectivity index (χ2n) is 7.48. The first-order valence-electron chi connectivity index (χ1n) is 9.98. The summed E-state index contributed by atoms with van der Waals surface area (Å²) in [4.78, 5) is 5.95. The lowest BCUT2D eigenvalue weighted by atomic mass is 9.97. The minimum absolute atomic E-state index is 0.0116. The number of nitriles is 1. The molecule has 0 amide bonds. The van der Waals surface area contributed by atoms with E-state index in [1.807, 2.05) is 6.07 Å². The smallest absolute Gasteiger partial charge is 0.177 e. The second-order valence-corrected chi connectivity index (χ2v) is 8.30. The van der Waals surface area contributed by atoms with E-state index in [9.17, 15) is 9.65 Å². The topological polar surface area (TPSA) is 125 Å². The van der Waals surface area contributed by atoms with Crippen LogP contribution in [0.2, 0.25) is 10.0 Å². The highest BCUT2D eigenvalue weighted by atomic mass is 35.5. The van der Waals surface area contributed by atoms with Gasteiger partial charge in [0, 0.05) is 53.9 Å². The standard InChI is InChI=1S/C23H19Cl2FN6O/c24-15-10-31-11-16(25)21(15)23(30)33-20-7-14(18(28)8-17(20)26)22(29)12-2-3-19(13(6-12)9-27)32-4-1-5-32/h2-3,6-8,10-11,23,29H,1,4-5,28,30H2/t23-/m0/s1. The lowest BCUT2D eigenvalue weighted by Gasteiger charge is -2.34. The van der Waals surface area contributed by atoms with Gasteiger partial charge in [0.15, 0.2) is 17.8 Å². The van der Waals surface area contributed by atoms with Gasteiger partial charge in [-0.05, 0) is 24.6 Å². The summed E-state index contributed by atoms with van der Waals surface area (Å²) in [6.45, 7) is 1.78. The number of hydrogen-bond acceptors (Lipinski definition) is 7. The lowest BCUT2D eigenvalue weighted by Crippen LogP contribution is -2.37. The molecule has 0 radical (unpaired) electrons. The normalized spacial score (nSPS) is 13.7. The number of benzene rings is 2. The number of halogens is 3. The number of anilines is 2. The summed E-state index contributed by atoms with van der Waals surface area (Å²) in [5.41, 5.74) is 14.4. The van der Waals surface area contributed by atoms with Crippen LogP contribution in [0.5, 0.6) is 5.75 Å². The van der Waals surface area contributed by atoms with Crippen LogP contribution in [0.3, 0.4) is 0 Å². The summed E-state index contributed by atoms with van der Waals surface area (Å²) < 4.78 is 20.2. The quantitative estimate of drug-likeness (QED) is 0.265. The Kier molecular flexibility index (Phi) is 6.38. The molecule has 0 spiro atoms. The van der Waals surface area contributed by atoms with Gasteiger partial charge < -0.3 is 15.4 Å². The Morgan fingerprint density at radius 2 is 1.91 bits per heavy atom. The van der Waals surface area contributed by atoms with Gasteiger partial charge in [-0.25, -0.2) is 4.39 Å². The first-order chi connectivity index (χ1) is 15.8. The van der Waals surface area contributed by atoms with Crippen molar-refractivity contribution in [1.82, 2.24) is 4.98 Å². The Labute approximate surface area is 199 Å². The van der Waals surface area contributed by atoms with E-state index in [0.717, 1.165) is 31.3 Å². The molecule has 2 aromatic carbocycles. The van der Waals surface area contributed by atoms with Crippen LogP contribution >= 0.6 is 23.2 Å². The Hall–Kier alpha value is -3.38. The van der Waals surface area contributed by atoms with Crippen molar-refractivity contribution in [2.75, 3.05) is 23.7 Å². The summed E-state index contributed by atoms with van der Waals surface area (Å²) in [5.74, 6) is -0.982. The van der Waals surface area contributed by atoms with Crippen LogP contribution < -0.4 is 21.1 Å². The number of pyridine rings is 1. The molecule has 1 aliphatic rings. The van der Waals surface area contributed by atoms with Crippen LogP contribution in [0.1, 0.15) is 34.9 Å². The number of rotatable bonds is 6. The van der Waals surface area contributed by atoms with Crippen molar-refractivity contribution in [1.29, 1.82) is 10.7 Å². The van der Waals surface area contributed by atoms with Gasteiger partial charge in [0.05, 0.1) is 27.0 Å². The summed E-state index contributed by atoms with van der Waals surface area (Å²) in [7, 11) is 0. The molecular weight excluding hydrogens is 466 g/mol. The molecule has 168 valence electrons. The van der Waals surface area contributed by atoms with Crippen molar-refractivity contribution in [2.24, 2.45) is 5.73 Å². The molecule has 4 rings (SSSR count). The first kappa shape index (κ1) is 22.8. The minimum atomic E-state index is -1.19. The van der Waals surface area contributed by atoms with Crippen molar-refractivity contribution < 1.29 is 9.13 Å². The SMILES string of the molecule is N#Cc1cc(C(=N)c2cc(O[C@H](N)c3c(Cl)cncc3Cl)c(F)cc2N)ccc1N1CCC1. The number of nitrogens with zero attached hydrogens (tertiary/aromatic N) is 3. The van der Waals surface area contributed by atoms with E-state index in [-0.39, 0.29) is 38.3 Å². The zero-order valence-corrected chi connectivity index (χ0v) is 18.8. The van der Waals surface area contributed by atoms with Crippen molar-refractivity contribution in [2.45, 2.75) is 12.6 Å². The van der Waals surface area contributed by atoms with Crippen molar-refractivity contribution in [3.8, 4) is 11.8 Å². The largest absolute Gasteiger partial charge is 0.468 e. The van der Waals surface area contributed by atoms with Crippen LogP contribution in [0.4, 0.5) is 15.8 Å². The molecule has 2 heterocycles. The molecule has 1 fully saturated rings. The number of nitrogens with two attached hydrogens (primary N) is 2. The Morgan fingerprint density at radius 1 is 1.21 bits per heavy atom. The molecule has 0 unspecified atom stereocenters. The van der Waals surface area contributed by atoms with Crippen LogP contribution in [0.15, 0.2) is 42.7 Å². The zero-order valence-electron chi connectivity index (χ0n) is 17.3. The highest BCUT2D eigenvalue weighted by molar-refractivity contribution is 6.35. The number of nitrogens with one attached hydrogen (secondary N) is 1. The molecule has 0 saturated carbocycles. The molecule has 1 aliphatic heterocycles. The molecule has 1 atom stereocenters. The number of aromatic nitrogens is 1. The molecule has 3 aromatic rings. The first-order valence-corrected chi connectivity index (χ1v) is 10.7. The highest BCUT2D eigenvalue weighted by Gasteiger charge is 2.22. The fraction of sp³-hybridized carbons (Fsp3) is 0.174. The summed E-state index contributed by atoms with van der Waals surface area (Å²) in [6.07, 6.45) is 2.59. The monoisotopic (exact) mass is 484 g/mol. The van der Waals surface area contributed by atoms with Crippen molar-refractivity contribution in [3.63, 3.8) is 0 Å². The summed E-state index contributed by atoms with van der Waals surface area (Å²) in [5, 5.41) is 18.6. The van der Waals surface area contributed by atoms with Gasteiger partial charge in [-0.15, -0.1) is 0 Å². The van der Waals surface area contributed by atoms with E-state index in [1.165, 1.54) is 18.5 Å². The van der Waals surface area contributed by atoms with Gasteiger partial charge in [-0.1, -0.05) is 29.3 Å². The van der Waals surface area contributed by atoms with Gasteiger partial charge >= 0.3 is 0 Å².